The van der Waals surface area contributed by atoms with Gasteiger partial charge in [-0.25, -0.2) is 4.39 Å². The Balaban J connectivity index is 1.36. The highest BCUT2D eigenvalue weighted by Crippen LogP contribution is 2.48. The number of allylic oxidation sites excluding steroid dienone is 1. The van der Waals surface area contributed by atoms with Gasteiger partial charge in [-0.15, -0.1) is 0 Å². The largest absolute Gasteiger partial charge is 0.216 e. The first kappa shape index (κ1) is 18.3. The number of fused-ring (bicyclic) bond motifs is 2. The van der Waals surface area contributed by atoms with Crippen LogP contribution >= 0.6 is 0 Å². The van der Waals surface area contributed by atoms with Gasteiger partial charge in [0.1, 0.15) is 0 Å². The smallest absolute Gasteiger partial charge is 0.0829 e. The second-order valence-corrected chi connectivity index (χ2v) is 9.34. The Hall–Kier alpha value is -1.11. The number of hydrogen-bond acceptors (Lipinski definition) is 0. The van der Waals surface area contributed by atoms with Crippen LogP contribution in [0.3, 0.4) is 0 Å². The summed E-state index contributed by atoms with van der Waals surface area (Å²) in [5, 5.41) is 0. The molecule has 0 aliphatic heterocycles. The zero-order valence-corrected chi connectivity index (χ0v) is 16.4. The monoisotopic (exact) mass is 354 g/mol. The van der Waals surface area contributed by atoms with Gasteiger partial charge in [-0.1, -0.05) is 37.6 Å². The van der Waals surface area contributed by atoms with E-state index in [1.54, 1.807) is 11.1 Å². The summed E-state index contributed by atoms with van der Waals surface area (Å²) in [5.41, 5.74) is 4.81. The lowest BCUT2D eigenvalue weighted by Gasteiger charge is -2.44. The predicted octanol–water partition coefficient (Wildman–Crippen LogP) is 7.06. The van der Waals surface area contributed by atoms with Gasteiger partial charge in [-0.05, 0) is 110 Å². The summed E-state index contributed by atoms with van der Waals surface area (Å²) in [6.45, 7) is 2.27. The Bertz CT molecular complexity index is 631. The van der Waals surface area contributed by atoms with E-state index >= 15 is 0 Å². The van der Waals surface area contributed by atoms with Crippen molar-refractivity contribution in [3.8, 4) is 0 Å². The van der Waals surface area contributed by atoms with Crippen molar-refractivity contribution in [1.29, 1.82) is 0 Å². The minimum atomic E-state index is 0.511. The van der Waals surface area contributed by atoms with Crippen molar-refractivity contribution < 1.29 is 4.39 Å². The first-order chi connectivity index (χ1) is 12.8. The number of rotatable bonds is 4. The predicted molar refractivity (Wildman–Crippen MR) is 108 cm³/mol. The molecule has 1 aromatic rings. The van der Waals surface area contributed by atoms with Crippen molar-refractivity contribution in [3.05, 3.63) is 47.3 Å². The first-order valence-electron chi connectivity index (χ1n) is 11.1. The van der Waals surface area contributed by atoms with Crippen molar-refractivity contribution in [3.63, 3.8) is 0 Å². The van der Waals surface area contributed by atoms with Crippen LogP contribution in [0, 0.1) is 29.6 Å². The van der Waals surface area contributed by atoms with Gasteiger partial charge in [-0.3, -0.25) is 0 Å². The van der Waals surface area contributed by atoms with Gasteiger partial charge >= 0.3 is 0 Å². The van der Waals surface area contributed by atoms with Crippen LogP contribution in [-0.2, 0) is 19.3 Å². The SMILES string of the molecule is CCCc1ccc2c(c1)CCC(C1CCC3C[C@H](C=CF)CC[C@@H]3C1)C2. The van der Waals surface area contributed by atoms with Crippen LogP contribution in [0.15, 0.2) is 30.6 Å². The van der Waals surface area contributed by atoms with Gasteiger partial charge in [-0.2, -0.15) is 0 Å². The van der Waals surface area contributed by atoms with E-state index < -0.39 is 0 Å². The van der Waals surface area contributed by atoms with Gasteiger partial charge in [0, 0.05) is 0 Å². The normalized spacial score (nSPS) is 34.5. The molecule has 142 valence electrons. The number of halogens is 1. The highest BCUT2D eigenvalue weighted by molar-refractivity contribution is 5.34. The van der Waals surface area contributed by atoms with E-state index in [0.717, 1.165) is 30.0 Å². The molecule has 0 amide bonds. The summed E-state index contributed by atoms with van der Waals surface area (Å²) in [4.78, 5) is 0. The quantitative estimate of drug-likeness (QED) is 0.543. The molecule has 3 aliphatic rings. The Morgan fingerprint density at radius 1 is 0.923 bits per heavy atom. The van der Waals surface area contributed by atoms with Crippen LogP contribution in [0.5, 0.6) is 0 Å². The van der Waals surface area contributed by atoms with Crippen molar-refractivity contribution in [2.24, 2.45) is 29.6 Å². The molecule has 2 saturated carbocycles. The number of benzene rings is 1. The lowest BCUT2D eigenvalue weighted by atomic mass is 9.61. The Kier molecular flexibility index (Phi) is 5.81. The molecule has 3 aliphatic carbocycles. The third-order valence-electron chi connectivity index (χ3n) is 7.78. The third-order valence-corrected chi connectivity index (χ3v) is 7.78. The van der Waals surface area contributed by atoms with Gasteiger partial charge in [0.05, 0.1) is 6.33 Å². The van der Waals surface area contributed by atoms with E-state index in [9.17, 15) is 4.39 Å². The summed E-state index contributed by atoms with van der Waals surface area (Å²) in [5.74, 6) is 4.15. The molecule has 0 radical (unpaired) electrons. The molecule has 0 spiro atoms. The van der Waals surface area contributed by atoms with Crippen molar-refractivity contribution in [2.45, 2.75) is 77.6 Å². The molecule has 0 bridgehead atoms. The topological polar surface area (TPSA) is 0 Å². The van der Waals surface area contributed by atoms with Gasteiger partial charge in [0.2, 0.25) is 0 Å². The molecular weight excluding hydrogens is 319 g/mol. The molecule has 0 N–H and O–H groups in total. The fraction of sp³-hybridized carbons (Fsp3) is 0.680. The van der Waals surface area contributed by atoms with E-state index in [4.69, 9.17) is 0 Å². The third kappa shape index (κ3) is 3.92. The molecule has 5 atom stereocenters. The molecule has 0 heterocycles. The average molecular weight is 355 g/mol. The van der Waals surface area contributed by atoms with Gasteiger partial charge in [0.15, 0.2) is 0 Å². The van der Waals surface area contributed by atoms with Gasteiger partial charge < -0.3 is 0 Å². The number of aryl methyl sites for hydroxylation is 2. The highest BCUT2D eigenvalue weighted by atomic mass is 19.1. The fourth-order valence-corrected chi connectivity index (χ4v) is 6.35. The molecule has 2 fully saturated rings. The van der Waals surface area contributed by atoms with E-state index in [-0.39, 0.29) is 0 Å². The van der Waals surface area contributed by atoms with Crippen LogP contribution in [0.4, 0.5) is 4.39 Å². The molecule has 0 aromatic heterocycles. The maximum Gasteiger partial charge on any atom is 0.0829 e. The van der Waals surface area contributed by atoms with Crippen LogP contribution in [-0.4, -0.2) is 0 Å². The second-order valence-electron chi connectivity index (χ2n) is 9.34. The van der Waals surface area contributed by atoms with Crippen molar-refractivity contribution >= 4 is 0 Å². The summed E-state index contributed by atoms with van der Waals surface area (Å²) < 4.78 is 12.5. The second kappa shape index (κ2) is 8.28. The molecule has 0 nitrogen and oxygen atoms in total. The zero-order chi connectivity index (χ0) is 17.9. The molecule has 1 heteroatoms. The zero-order valence-electron chi connectivity index (χ0n) is 16.4. The first-order valence-corrected chi connectivity index (χ1v) is 11.1. The van der Waals surface area contributed by atoms with Crippen molar-refractivity contribution in [2.75, 3.05) is 0 Å². The van der Waals surface area contributed by atoms with Crippen LogP contribution < -0.4 is 0 Å². The maximum atomic E-state index is 12.5. The highest BCUT2D eigenvalue weighted by Gasteiger charge is 2.38. The maximum absolute atomic E-state index is 12.5. The van der Waals surface area contributed by atoms with E-state index in [2.05, 4.69) is 25.1 Å². The van der Waals surface area contributed by atoms with Crippen LogP contribution in [0.1, 0.15) is 75.0 Å². The molecule has 4 rings (SSSR count). The Morgan fingerprint density at radius 3 is 2.50 bits per heavy atom. The number of hydrogen-bond donors (Lipinski definition) is 0. The summed E-state index contributed by atoms with van der Waals surface area (Å²) in [6.07, 6.45) is 17.1. The molecule has 3 unspecified atom stereocenters. The lowest BCUT2D eigenvalue weighted by molar-refractivity contribution is 0.0809. The minimum absolute atomic E-state index is 0.511. The van der Waals surface area contributed by atoms with E-state index in [0.29, 0.717) is 5.92 Å². The minimum Gasteiger partial charge on any atom is -0.216 e. The van der Waals surface area contributed by atoms with Crippen molar-refractivity contribution in [1.82, 2.24) is 0 Å². The van der Waals surface area contributed by atoms with E-state index in [1.165, 1.54) is 76.2 Å². The standard InChI is InChI=1S/C25H35F/c1-2-3-18-4-6-22-16-24(10-8-20(22)14-18)25-11-9-21-15-19(12-13-26)5-7-23(21)17-25/h4,6,12-14,19,21,23-25H,2-3,5,7-11,15-17H2,1H3/t19-,21?,23+,24?,25?/m0/s1. The molecule has 0 saturated heterocycles. The average Bonchev–Trinajstić information content (AvgIpc) is 2.68. The fourth-order valence-electron chi connectivity index (χ4n) is 6.35. The summed E-state index contributed by atoms with van der Waals surface area (Å²) in [7, 11) is 0. The Morgan fingerprint density at radius 2 is 1.69 bits per heavy atom. The van der Waals surface area contributed by atoms with Gasteiger partial charge in [0.25, 0.3) is 0 Å². The Labute approximate surface area is 159 Å². The van der Waals surface area contributed by atoms with Crippen LogP contribution in [0.2, 0.25) is 0 Å². The van der Waals surface area contributed by atoms with Crippen LogP contribution in [0.25, 0.3) is 0 Å². The molecule has 26 heavy (non-hydrogen) atoms. The molecule has 1 aromatic carbocycles. The lowest BCUT2D eigenvalue weighted by Crippen LogP contribution is -2.34. The summed E-state index contributed by atoms with van der Waals surface area (Å²) in [6, 6.07) is 7.31. The summed E-state index contributed by atoms with van der Waals surface area (Å²) >= 11 is 0. The van der Waals surface area contributed by atoms with E-state index in [1.807, 2.05) is 6.08 Å². The molecular formula is C25H35F.